The number of fused-ring (bicyclic) bond motifs is 1. The Kier molecular flexibility index (Phi) is 3.99. The van der Waals surface area contributed by atoms with Gasteiger partial charge in [0.25, 0.3) is 0 Å². The van der Waals surface area contributed by atoms with Gasteiger partial charge < -0.3 is 9.64 Å². The second-order valence-corrected chi connectivity index (χ2v) is 9.17. The number of nitrogens with zero attached hydrogens (tertiary/aromatic N) is 2. The molecule has 2 aliphatic heterocycles. The lowest BCUT2D eigenvalue weighted by molar-refractivity contribution is -0.120. The average molecular weight is 372 g/mol. The smallest absolute Gasteiger partial charge is 0.243 e. The van der Waals surface area contributed by atoms with Crippen LogP contribution in [0, 0.1) is 25.7 Å². The molecule has 2 atom stereocenters. The molecule has 0 aliphatic carbocycles. The maximum absolute atomic E-state index is 12.8. The molecular formula is C19H20N2O4S. The molecule has 26 heavy (non-hydrogen) atoms. The van der Waals surface area contributed by atoms with Gasteiger partial charge in [-0.25, -0.2) is 13.4 Å². The Morgan fingerprint density at radius 2 is 1.96 bits per heavy atom. The van der Waals surface area contributed by atoms with E-state index < -0.39 is 15.8 Å². The van der Waals surface area contributed by atoms with Gasteiger partial charge in [-0.15, -0.1) is 0 Å². The van der Waals surface area contributed by atoms with E-state index in [-0.39, 0.29) is 23.3 Å². The number of benzene rings is 1. The molecular weight excluding hydrogens is 352 g/mol. The van der Waals surface area contributed by atoms with Crippen LogP contribution in [0.25, 0.3) is 0 Å². The predicted octanol–water partition coefficient (Wildman–Crippen LogP) is 2.50. The number of sulfone groups is 1. The van der Waals surface area contributed by atoms with Crippen molar-refractivity contribution in [2.75, 3.05) is 23.0 Å². The van der Waals surface area contributed by atoms with Crippen LogP contribution >= 0.6 is 0 Å². The van der Waals surface area contributed by atoms with E-state index in [2.05, 4.69) is 4.98 Å². The molecule has 1 aromatic carbocycles. The molecule has 136 valence electrons. The predicted molar refractivity (Wildman–Crippen MR) is 98.2 cm³/mol. The fraction of sp³-hybridized carbons (Fsp3) is 0.368. The summed E-state index contributed by atoms with van der Waals surface area (Å²) in [7, 11) is -3.11. The Hall–Kier alpha value is -2.41. The first-order valence-corrected chi connectivity index (χ1v) is 10.4. The van der Waals surface area contributed by atoms with Crippen molar-refractivity contribution in [3.05, 3.63) is 47.7 Å². The molecule has 2 saturated heterocycles. The number of amides is 1. The summed E-state index contributed by atoms with van der Waals surface area (Å²) in [5.74, 6) is 0.315. The lowest BCUT2D eigenvalue weighted by Gasteiger charge is -2.20. The number of aryl methyl sites for hydroxylation is 1. The van der Waals surface area contributed by atoms with Gasteiger partial charge in [0.15, 0.2) is 9.84 Å². The number of aromatic nitrogens is 1. The number of rotatable bonds is 3. The van der Waals surface area contributed by atoms with Gasteiger partial charge in [-0.1, -0.05) is 12.1 Å². The summed E-state index contributed by atoms with van der Waals surface area (Å²) in [6, 6.07) is 9.34. The first kappa shape index (κ1) is 17.0. The first-order valence-electron chi connectivity index (χ1n) is 8.56. The summed E-state index contributed by atoms with van der Waals surface area (Å²) in [6.07, 6.45) is 1.62. The molecule has 0 bridgehead atoms. The number of carbonyl (C=O) groups is 1. The standard InChI is InChI=1S/C19H20N2O4S/c1-12-5-3-7-17(13(12)2)25-18-16(6-4-8-20-18)21-9-14-10-26(23,24)11-15(14)19(21)22/h3-8,14-15H,9-11H2,1-2H3/t14-,15+/m0/s1. The third kappa shape index (κ3) is 2.86. The van der Waals surface area contributed by atoms with Crippen LogP contribution in [0.4, 0.5) is 5.69 Å². The van der Waals surface area contributed by atoms with Crippen molar-refractivity contribution >= 4 is 21.4 Å². The van der Waals surface area contributed by atoms with Crippen molar-refractivity contribution in [2.45, 2.75) is 13.8 Å². The highest BCUT2D eigenvalue weighted by atomic mass is 32.2. The van der Waals surface area contributed by atoms with Crippen molar-refractivity contribution in [2.24, 2.45) is 11.8 Å². The zero-order valence-corrected chi connectivity index (χ0v) is 15.5. The number of carbonyl (C=O) groups excluding carboxylic acids is 1. The Bertz CT molecular complexity index is 987. The molecule has 0 unspecified atom stereocenters. The first-order chi connectivity index (χ1) is 12.4. The van der Waals surface area contributed by atoms with Crippen molar-refractivity contribution in [3.8, 4) is 11.6 Å². The van der Waals surface area contributed by atoms with Gasteiger partial charge in [0, 0.05) is 18.7 Å². The maximum atomic E-state index is 12.8. The molecule has 2 aliphatic rings. The van der Waals surface area contributed by atoms with Gasteiger partial charge in [-0.05, 0) is 43.2 Å². The van der Waals surface area contributed by atoms with Crippen LogP contribution in [0.5, 0.6) is 11.6 Å². The Morgan fingerprint density at radius 3 is 2.73 bits per heavy atom. The van der Waals surface area contributed by atoms with Gasteiger partial charge in [-0.2, -0.15) is 0 Å². The fourth-order valence-electron chi connectivity index (χ4n) is 3.72. The molecule has 7 heteroatoms. The normalized spacial score (nSPS) is 23.9. The van der Waals surface area contributed by atoms with E-state index in [9.17, 15) is 13.2 Å². The van der Waals surface area contributed by atoms with Gasteiger partial charge in [0.2, 0.25) is 11.8 Å². The van der Waals surface area contributed by atoms with Crippen LogP contribution < -0.4 is 9.64 Å². The highest BCUT2D eigenvalue weighted by molar-refractivity contribution is 7.91. The van der Waals surface area contributed by atoms with Crippen molar-refractivity contribution in [1.82, 2.24) is 4.98 Å². The SMILES string of the molecule is Cc1cccc(Oc2ncccc2N2C[C@H]3CS(=O)(=O)C[C@H]3C2=O)c1C. The minimum Gasteiger partial charge on any atom is -0.437 e. The lowest BCUT2D eigenvalue weighted by atomic mass is 10.0. The second-order valence-electron chi connectivity index (χ2n) is 7.02. The third-order valence-corrected chi connectivity index (χ3v) is 7.08. The summed E-state index contributed by atoms with van der Waals surface area (Å²) in [5.41, 5.74) is 2.71. The minimum atomic E-state index is -3.11. The summed E-state index contributed by atoms with van der Waals surface area (Å²) < 4.78 is 29.6. The quantitative estimate of drug-likeness (QED) is 0.827. The van der Waals surface area contributed by atoms with Crippen LogP contribution in [0.15, 0.2) is 36.5 Å². The van der Waals surface area contributed by atoms with Crippen LogP contribution in [0.3, 0.4) is 0 Å². The number of anilines is 1. The van der Waals surface area contributed by atoms with E-state index in [4.69, 9.17) is 4.74 Å². The molecule has 0 saturated carbocycles. The van der Waals surface area contributed by atoms with Crippen molar-refractivity contribution in [1.29, 1.82) is 0 Å². The molecule has 0 N–H and O–H groups in total. The van der Waals surface area contributed by atoms with E-state index in [1.165, 1.54) is 0 Å². The largest absolute Gasteiger partial charge is 0.437 e. The number of pyridine rings is 1. The van der Waals surface area contributed by atoms with E-state index in [1.807, 2.05) is 32.0 Å². The molecule has 1 aromatic heterocycles. The van der Waals surface area contributed by atoms with Crippen LogP contribution in [-0.4, -0.2) is 37.4 Å². The molecule has 1 amide bonds. The Labute approximate surface area is 152 Å². The van der Waals surface area contributed by atoms with Crippen LogP contribution in [-0.2, 0) is 14.6 Å². The Morgan fingerprint density at radius 1 is 1.15 bits per heavy atom. The van der Waals surface area contributed by atoms with Gasteiger partial charge in [-0.3, -0.25) is 4.79 Å². The summed E-state index contributed by atoms with van der Waals surface area (Å²) >= 11 is 0. The zero-order valence-electron chi connectivity index (χ0n) is 14.7. The summed E-state index contributed by atoms with van der Waals surface area (Å²) in [6.45, 7) is 4.37. The summed E-state index contributed by atoms with van der Waals surface area (Å²) in [4.78, 5) is 18.7. The molecule has 3 heterocycles. The van der Waals surface area contributed by atoms with Gasteiger partial charge >= 0.3 is 0 Å². The zero-order chi connectivity index (χ0) is 18.5. The molecule has 6 nitrogen and oxygen atoms in total. The van der Waals surface area contributed by atoms with E-state index >= 15 is 0 Å². The number of hydrogen-bond donors (Lipinski definition) is 0. The monoisotopic (exact) mass is 372 g/mol. The molecule has 4 rings (SSSR count). The minimum absolute atomic E-state index is 0.0551. The lowest BCUT2D eigenvalue weighted by Crippen LogP contribution is -2.30. The van der Waals surface area contributed by atoms with E-state index in [0.29, 0.717) is 23.9 Å². The topological polar surface area (TPSA) is 76.6 Å². The molecule has 2 aromatic rings. The second kappa shape index (κ2) is 6.09. The average Bonchev–Trinajstić information content (AvgIpc) is 3.05. The Balaban J connectivity index is 1.65. The van der Waals surface area contributed by atoms with Crippen molar-refractivity contribution < 1.29 is 17.9 Å². The number of ether oxygens (including phenoxy) is 1. The number of hydrogen-bond acceptors (Lipinski definition) is 5. The van der Waals surface area contributed by atoms with Crippen molar-refractivity contribution in [3.63, 3.8) is 0 Å². The van der Waals surface area contributed by atoms with E-state index in [1.54, 1.807) is 23.2 Å². The molecule has 0 radical (unpaired) electrons. The summed E-state index contributed by atoms with van der Waals surface area (Å²) in [5, 5.41) is 0. The fourth-order valence-corrected chi connectivity index (χ4v) is 5.81. The van der Waals surface area contributed by atoms with Crippen LogP contribution in [0.1, 0.15) is 11.1 Å². The highest BCUT2D eigenvalue weighted by Crippen LogP contribution is 2.40. The van der Waals surface area contributed by atoms with Gasteiger partial charge in [0.1, 0.15) is 11.4 Å². The molecule has 0 spiro atoms. The molecule has 2 fully saturated rings. The van der Waals surface area contributed by atoms with Gasteiger partial charge in [0.05, 0.1) is 17.4 Å². The van der Waals surface area contributed by atoms with Crippen LogP contribution in [0.2, 0.25) is 0 Å². The third-order valence-electron chi connectivity index (χ3n) is 5.27. The highest BCUT2D eigenvalue weighted by Gasteiger charge is 2.50. The van der Waals surface area contributed by atoms with E-state index in [0.717, 1.165) is 11.1 Å². The maximum Gasteiger partial charge on any atom is 0.243 e.